The van der Waals surface area contributed by atoms with E-state index in [9.17, 15) is 14.7 Å². The molecule has 3 heterocycles. The first-order valence-corrected chi connectivity index (χ1v) is 9.21. The van der Waals surface area contributed by atoms with E-state index < -0.39 is 29.7 Å². The van der Waals surface area contributed by atoms with Crippen LogP contribution in [0.15, 0.2) is 52.3 Å². The number of aliphatic hydroxyl groups excluding tert-OH is 1. The standard InChI is InChI=1S/C19H21N5O5/c1-12-2-4-13(5-3-12)9-23-10-17(21-22-23)28-11-15-14(25)8-18(29-15)24-7-6-16(26)20-19(24)27/h2-7,10,14-15,18,25H,8-9,11H2,1H3,(H,20,26,27)/t14-,15+,18+/m0/s1. The monoisotopic (exact) mass is 399 g/mol. The van der Waals surface area contributed by atoms with Gasteiger partial charge in [0.15, 0.2) is 0 Å². The number of aromatic amines is 1. The van der Waals surface area contributed by atoms with Crippen molar-refractivity contribution in [2.24, 2.45) is 0 Å². The van der Waals surface area contributed by atoms with Crippen LogP contribution in [0.3, 0.4) is 0 Å². The first kappa shape index (κ1) is 19.1. The van der Waals surface area contributed by atoms with Crippen LogP contribution in [0.25, 0.3) is 0 Å². The minimum absolute atomic E-state index is 0.0546. The molecule has 1 aromatic carbocycles. The van der Waals surface area contributed by atoms with Crippen molar-refractivity contribution in [3.63, 3.8) is 0 Å². The molecule has 3 aromatic rings. The van der Waals surface area contributed by atoms with Gasteiger partial charge in [0.1, 0.15) is 18.9 Å². The van der Waals surface area contributed by atoms with Gasteiger partial charge in [0.25, 0.3) is 11.4 Å². The Labute approximate surface area is 165 Å². The first-order chi connectivity index (χ1) is 14.0. The molecular weight excluding hydrogens is 378 g/mol. The summed E-state index contributed by atoms with van der Waals surface area (Å²) in [7, 11) is 0. The van der Waals surface area contributed by atoms with Crippen LogP contribution in [0.2, 0.25) is 0 Å². The number of ether oxygens (including phenoxy) is 2. The van der Waals surface area contributed by atoms with Crippen molar-refractivity contribution in [2.45, 2.75) is 38.3 Å². The Morgan fingerprint density at radius 3 is 2.83 bits per heavy atom. The third kappa shape index (κ3) is 4.44. The molecule has 0 saturated carbocycles. The molecule has 2 aromatic heterocycles. The molecule has 0 radical (unpaired) electrons. The second-order valence-corrected chi connectivity index (χ2v) is 7.00. The van der Waals surface area contributed by atoms with Crippen molar-refractivity contribution in [3.8, 4) is 5.88 Å². The van der Waals surface area contributed by atoms with Gasteiger partial charge in [-0.15, -0.1) is 0 Å². The molecule has 0 bridgehead atoms. The SMILES string of the molecule is Cc1ccc(Cn2cc(OC[C@H]3O[C@@H](n4ccc(=O)[nH]c4=O)C[C@@H]3O)nn2)cc1. The zero-order chi connectivity index (χ0) is 20.4. The van der Waals surface area contributed by atoms with E-state index in [1.54, 1.807) is 10.9 Å². The lowest BCUT2D eigenvalue weighted by Crippen LogP contribution is -2.32. The van der Waals surface area contributed by atoms with E-state index in [2.05, 4.69) is 15.3 Å². The summed E-state index contributed by atoms with van der Waals surface area (Å²) in [5.74, 6) is 0.317. The molecule has 0 amide bonds. The van der Waals surface area contributed by atoms with Crippen molar-refractivity contribution in [1.29, 1.82) is 0 Å². The maximum absolute atomic E-state index is 11.9. The number of aliphatic hydroxyl groups is 1. The summed E-state index contributed by atoms with van der Waals surface area (Å²) in [6, 6.07) is 9.35. The van der Waals surface area contributed by atoms with Crippen LogP contribution in [0, 0.1) is 6.92 Å². The van der Waals surface area contributed by atoms with Gasteiger partial charge in [-0.1, -0.05) is 40.1 Å². The Kier molecular flexibility index (Phi) is 5.28. The van der Waals surface area contributed by atoms with Gasteiger partial charge >= 0.3 is 5.69 Å². The Morgan fingerprint density at radius 1 is 1.28 bits per heavy atom. The van der Waals surface area contributed by atoms with Crippen molar-refractivity contribution < 1.29 is 14.6 Å². The molecule has 152 valence electrons. The smallest absolute Gasteiger partial charge is 0.330 e. The Hall–Kier alpha value is -3.24. The second-order valence-electron chi connectivity index (χ2n) is 7.00. The average Bonchev–Trinajstić information content (AvgIpc) is 3.28. The number of aryl methyl sites for hydroxylation is 1. The summed E-state index contributed by atoms with van der Waals surface area (Å²) >= 11 is 0. The van der Waals surface area contributed by atoms with E-state index in [0.717, 1.165) is 5.56 Å². The molecule has 29 heavy (non-hydrogen) atoms. The number of aromatic nitrogens is 5. The van der Waals surface area contributed by atoms with Gasteiger partial charge in [0, 0.05) is 18.7 Å². The summed E-state index contributed by atoms with van der Waals surface area (Å²) in [4.78, 5) is 25.2. The molecular formula is C19H21N5O5. The van der Waals surface area contributed by atoms with Crippen molar-refractivity contribution >= 4 is 0 Å². The van der Waals surface area contributed by atoms with Crippen LogP contribution in [-0.4, -0.2) is 48.5 Å². The fraction of sp³-hybridized carbons (Fsp3) is 0.368. The van der Waals surface area contributed by atoms with Crippen LogP contribution in [0.4, 0.5) is 0 Å². The van der Waals surface area contributed by atoms with Crippen LogP contribution in [0.5, 0.6) is 5.88 Å². The molecule has 1 saturated heterocycles. The number of hydrogen-bond acceptors (Lipinski definition) is 7. The number of H-pyrrole nitrogens is 1. The molecule has 4 rings (SSSR count). The van der Waals surface area contributed by atoms with Gasteiger partial charge < -0.3 is 14.6 Å². The minimum Gasteiger partial charge on any atom is -0.473 e. The molecule has 1 fully saturated rings. The molecule has 0 aliphatic carbocycles. The van der Waals surface area contributed by atoms with E-state index in [4.69, 9.17) is 9.47 Å². The highest BCUT2D eigenvalue weighted by molar-refractivity contribution is 5.21. The number of hydrogen-bond donors (Lipinski definition) is 2. The lowest BCUT2D eigenvalue weighted by Gasteiger charge is -2.15. The highest BCUT2D eigenvalue weighted by Crippen LogP contribution is 2.27. The molecule has 0 unspecified atom stereocenters. The minimum atomic E-state index is -0.818. The van der Waals surface area contributed by atoms with Crippen LogP contribution >= 0.6 is 0 Å². The fourth-order valence-electron chi connectivity index (χ4n) is 3.16. The topological polar surface area (TPSA) is 124 Å². The molecule has 2 N–H and O–H groups in total. The van der Waals surface area contributed by atoms with Gasteiger partial charge in [-0.25, -0.2) is 9.48 Å². The maximum atomic E-state index is 11.9. The van der Waals surface area contributed by atoms with Crippen molar-refractivity contribution in [3.05, 3.63) is 74.7 Å². The fourth-order valence-corrected chi connectivity index (χ4v) is 3.16. The van der Waals surface area contributed by atoms with E-state index >= 15 is 0 Å². The number of nitrogens with zero attached hydrogens (tertiary/aromatic N) is 4. The lowest BCUT2D eigenvalue weighted by atomic mass is 10.1. The number of rotatable bonds is 6. The summed E-state index contributed by atoms with van der Waals surface area (Å²) in [5, 5.41) is 18.2. The summed E-state index contributed by atoms with van der Waals surface area (Å²) in [5.41, 5.74) is 1.21. The molecule has 3 atom stereocenters. The van der Waals surface area contributed by atoms with Crippen molar-refractivity contribution in [1.82, 2.24) is 24.5 Å². The maximum Gasteiger partial charge on any atom is 0.330 e. The number of benzene rings is 1. The van der Waals surface area contributed by atoms with E-state index in [0.29, 0.717) is 12.4 Å². The third-order valence-corrected chi connectivity index (χ3v) is 4.74. The molecule has 0 spiro atoms. The van der Waals surface area contributed by atoms with Gasteiger partial charge in [-0.05, 0) is 12.5 Å². The highest BCUT2D eigenvalue weighted by Gasteiger charge is 2.36. The summed E-state index contributed by atoms with van der Waals surface area (Å²) < 4.78 is 14.2. The molecule has 10 nitrogen and oxygen atoms in total. The third-order valence-electron chi connectivity index (χ3n) is 4.74. The Balaban J connectivity index is 1.34. The zero-order valence-corrected chi connectivity index (χ0v) is 15.8. The zero-order valence-electron chi connectivity index (χ0n) is 15.8. The molecule has 1 aliphatic rings. The van der Waals surface area contributed by atoms with Gasteiger partial charge in [-0.3, -0.25) is 14.3 Å². The largest absolute Gasteiger partial charge is 0.473 e. The van der Waals surface area contributed by atoms with Gasteiger partial charge in [0.2, 0.25) is 0 Å². The summed E-state index contributed by atoms with van der Waals surface area (Å²) in [6.07, 6.45) is 1.09. The normalized spacial score (nSPS) is 21.4. The van der Waals surface area contributed by atoms with E-state index in [1.807, 2.05) is 31.2 Å². The second kappa shape index (κ2) is 8.02. The average molecular weight is 399 g/mol. The molecule has 10 heteroatoms. The van der Waals surface area contributed by atoms with E-state index in [1.165, 1.54) is 22.4 Å². The first-order valence-electron chi connectivity index (χ1n) is 9.21. The highest BCUT2D eigenvalue weighted by atomic mass is 16.6. The van der Waals surface area contributed by atoms with Crippen molar-refractivity contribution in [2.75, 3.05) is 6.61 Å². The Bertz CT molecular complexity index is 1090. The van der Waals surface area contributed by atoms with Gasteiger partial charge in [0.05, 0.1) is 18.8 Å². The van der Waals surface area contributed by atoms with E-state index in [-0.39, 0.29) is 13.0 Å². The predicted octanol–water partition coefficient (Wildman–Crippen LogP) is 0.212. The van der Waals surface area contributed by atoms with Gasteiger partial charge in [-0.2, -0.15) is 0 Å². The van der Waals surface area contributed by atoms with Crippen LogP contribution in [0.1, 0.15) is 23.8 Å². The van der Waals surface area contributed by atoms with Crippen LogP contribution < -0.4 is 16.0 Å². The Morgan fingerprint density at radius 2 is 2.07 bits per heavy atom. The quantitative estimate of drug-likeness (QED) is 0.607. The predicted molar refractivity (Wildman–Crippen MR) is 102 cm³/mol. The molecule has 1 aliphatic heterocycles. The summed E-state index contributed by atoms with van der Waals surface area (Å²) in [6.45, 7) is 2.65. The number of nitrogens with one attached hydrogen (secondary N) is 1. The lowest BCUT2D eigenvalue weighted by molar-refractivity contribution is -0.0416. The van der Waals surface area contributed by atoms with Crippen LogP contribution in [-0.2, 0) is 11.3 Å².